The summed E-state index contributed by atoms with van der Waals surface area (Å²) >= 11 is 0. The zero-order chi connectivity index (χ0) is 23.8. The molecule has 0 saturated carbocycles. The van der Waals surface area contributed by atoms with Gasteiger partial charge in [0.2, 0.25) is 5.91 Å². The number of ether oxygens (including phenoxy) is 2. The van der Waals surface area contributed by atoms with E-state index in [1.54, 1.807) is 0 Å². The van der Waals surface area contributed by atoms with Crippen molar-refractivity contribution in [3.05, 3.63) is 71.3 Å². The van der Waals surface area contributed by atoms with Gasteiger partial charge in [-0.05, 0) is 24.1 Å². The number of hydrogen-bond acceptors (Lipinski definition) is 5. The van der Waals surface area contributed by atoms with Gasteiger partial charge in [-0.1, -0.05) is 48.5 Å². The number of benzene rings is 2. The monoisotopic (exact) mass is 465 g/mol. The van der Waals surface area contributed by atoms with Crippen LogP contribution in [-0.2, 0) is 20.7 Å². The summed E-state index contributed by atoms with van der Waals surface area (Å²) in [6.45, 7) is 8.66. The molecule has 1 unspecified atom stereocenters. The maximum Gasteiger partial charge on any atom is 0.254 e. The molecule has 0 spiro atoms. The molecule has 34 heavy (non-hydrogen) atoms. The largest absolute Gasteiger partial charge is 0.379 e. The quantitative estimate of drug-likeness (QED) is 0.599. The van der Waals surface area contributed by atoms with Gasteiger partial charge >= 0.3 is 0 Å². The molecule has 182 valence electrons. The van der Waals surface area contributed by atoms with E-state index >= 15 is 0 Å². The Kier molecular flexibility index (Phi) is 8.68. The Labute approximate surface area is 202 Å². The first-order valence-electron chi connectivity index (χ1n) is 12.2. The predicted octanol–water partition coefficient (Wildman–Crippen LogP) is 2.24. The lowest BCUT2D eigenvalue weighted by atomic mass is 10.1. The number of amides is 2. The molecule has 0 aliphatic carbocycles. The summed E-state index contributed by atoms with van der Waals surface area (Å²) < 4.78 is 11.5. The fourth-order valence-electron chi connectivity index (χ4n) is 4.53. The maximum atomic E-state index is 13.3. The van der Waals surface area contributed by atoms with Crippen molar-refractivity contribution in [1.29, 1.82) is 0 Å². The van der Waals surface area contributed by atoms with E-state index in [-0.39, 0.29) is 17.9 Å². The molecule has 1 atom stereocenters. The Hall–Kier alpha value is -2.74. The van der Waals surface area contributed by atoms with Crippen LogP contribution in [0.4, 0.5) is 0 Å². The Bertz CT molecular complexity index is 946. The topological polar surface area (TPSA) is 62.3 Å². The van der Waals surface area contributed by atoms with Crippen LogP contribution in [0.25, 0.3) is 0 Å². The van der Waals surface area contributed by atoms with E-state index in [9.17, 15) is 9.59 Å². The molecule has 2 heterocycles. The standard InChI is InChI=1S/C27H35N3O4/c1-22-7-5-6-10-25(22)27(32)30-15-18-34-24(21-30)20-29(12-11-28-13-16-33-17-14-28)26(31)19-23-8-3-2-4-9-23/h2-10,24H,11-21H2,1H3. The van der Waals surface area contributed by atoms with Gasteiger partial charge in [-0.15, -0.1) is 0 Å². The molecule has 7 heteroatoms. The summed E-state index contributed by atoms with van der Waals surface area (Å²) in [5.41, 5.74) is 2.71. The third-order valence-electron chi connectivity index (χ3n) is 6.57. The number of carbonyl (C=O) groups is 2. The smallest absolute Gasteiger partial charge is 0.254 e. The number of hydrogen-bond donors (Lipinski definition) is 0. The van der Waals surface area contributed by atoms with Gasteiger partial charge in [-0.2, -0.15) is 0 Å². The van der Waals surface area contributed by atoms with E-state index in [2.05, 4.69) is 4.90 Å². The molecule has 2 aromatic rings. The van der Waals surface area contributed by atoms with Crippen molar-refractivity contribution in [3.8, 4) is 0 Å². The van der Waals surface area contributed by atoms with Gasteiger partial charge in [0.15, 0.2) is 0 Å². The Morgan fingerprint density at radius 3 is 2.47 bits per heavy atom. The van der Waals surface area contributed by atoms with Crippen molar-refractivity contribution < 1.29 is 19.1 Å². The molecule has 2 aliphatic rings. The van der Waals surface area contributed by atoms with Crippen LogP contribution in [0, 0.1) is 6.92 Å². The van der Waals surface area contributed by atoms with Crippen LogP contribution in [0.3, 0.4) is 0 Å². The maximum absolute atomic E-state index is 13.3. The molecule has 0 aromatic heterocycles. The van der Waals surface area contributed by atoms with Crippen molar-refractivity contribution in [1.82, 2.24) is 14.7 Å². The minimum Gasteiger partial charge on any atom is -0.379 e. The normalized spacial score (nSPS) is 19.1. The van der Waals surface area contributed by atoms with Crippen LogP contribution in [0.1, 0.15) is 21.5 Å². The van der Waals surface area contributed by atoms with Gasteiger partial charge in [0.25, 0.3) is 5.91 Å². The van der Waals surface area contributed by atoms with E-state index in [0.717, 1.165) is 49.5 Å². The van der Waals surface area contributed by atoms with Crippen LogP contribution < -0.4 is 0 Å². The highest BCUT2D eigenvalue weighted by molar-refractivity contribution is 5.95. The molecule has 0 radical (unpaired) electrons. The summed E-state index contributed by atoms with van der Waals surface area (Å²) in [5, 5.41) is 0. The van der Waals surface area contributed by atoms with Gasteiger partial charge in [0.1, 0.15) is 0 Å². The Morgan fingerprint density at radius 1 is 0.971 bits per heavy atom. The van der Waals surface area contributed by atoms with Crippen LogP contribution in [0.15, 0.2) is 54.6 Å². The van der Waals surface area contributed by atoms with Gasteiger partial charge in [-0.3, -0.25) is 14.5 Å². The van der Waals surface area contributed by atoms with E-state index in [4.69, 9.17) is 9.47 Å². The third-order valence-corrected chi connectivity index (χ3v) is 6.57. The Morgan fingerprint density at radius 2 is 1.71 bits per heavy atom. The van der Waals surface area contributed by atoms with Crippen molar-refractivity contribution in [2.24, 2.45) is 0 Å². The first kappa shape index (κ1) is 24.4. The van der Waals surface area contributed by atoms with E-state index < -0.39 is 0 Å². The Balaban J connectivity index is 1.40. The first-order valence-corrected chi connectivity index (χ1v) is 12.2. The fraction of sp³-hybridized carbons (Fsp3) is 0.481. The van der Waals surface area contributed by atoms with Gasteiger partial charge in [0.05, 0.1) is 32.3 Å². The minimum atomic E-state index is -0.203. The van der Waals surface area contributed by atoms with Gasteiger partial charge < -0.3 is 19.3 Å². The second kappa shape index (κ2) is 12.1. The average Bonchev–Trinajstić information content (AvgIpc) is 2.88. The molecule has 0 bridgehead atoms. The zero-order valence-corrected chi connectivity index (χ0v) is 20.0. The summed E-state index contributed by atoms with van der Waals surface area (Å²) in [4.78, 5) is 32.5. The second-order valence-electron chi connectivity index (χ2n) is 9.02. The predicted molar refractivity (Wildman–Crippen MR) is 131 cm³/mol. The van der Waals surface area contributed by atoms with E-state index in [1.807, 2.05) is 71.3 Å². The average molecular weight is 466 g/mol. The number of rotatable bonds is 8. The fourth-order valence-corrected chi connectivity index (χ4v) is 4.53. The molecular formula is C27H35N3O4. The molecule has 2 saturated heterocycles. The summed E-state index contributed by atoms with van der Waals surface area (Å²) in [6.07, 6.45) is 0.161. The summed E-state index contributed by atoms with van der Waals surface area (Å²) in [7, 11) is 0. The van der Waals surface area contributed by atoms with E-state index in [0.29, 0.717) is 39.2 Å². The van der Waals surface area contributed by atoms with E-state index in [1.165, 1.54) is 0 Å². The number of aryl methyl sites for hydroxylation is 1. The van der Waals surface area contributed by atoms with Crippen molar-refractivity contribution in [2.45, 2.75) is 19.4 Å². The van der Waals surface area contributed by atoms with Gasteiger partial charge in [-0.25, -0.2) is 0 Å². The highest BCUT2D eigenvalue weighted by atomic mass is 16.5. The first-order chi connectivity index (χ1) is 16.6. The highest BCUT2D eigenvalue weighted by Gasteiger charge is 2.29. The molecule has 7 nitrogen and oxygen atoms in total. The lowest BCUT2D eigenvalue weighted by Crippen LogP contribution is -2.52. The number of morpholine rings is 2. The molecule has 2 amide bonds. The molecule has 0 N–H and O–H groups in total. The third kappa shape index (κ3) is 6.65. The zero-order valence-electron chi connectivity index (χ0n) is 20.0. The van der Waals surface area contributed by atoms with Gasteiger partial charge in [0, 0.05) is 51.4 Å². The van der Waals surface area contributed by atoms with Crippen LogP contribution in [0.5, 0.6) is 0 Å². The van der Waals surface area contributed by atoms with Crippen molar-refractivity contribution in [3.63, 3.8) is 0 Å². The number of nitrogens with zero attached hydrogens (tertiary/aromatic N) is 3. The second-order valence-corrected chi connectivity index (χ2v) is 9.02. The molecule has 2 fully saturated rings. The molecule has 2 aliphatic heterocycles. The lowest BCUT2D eigenvalue weighted by molar-refractivity contribution is -0.134. The van der Waals surface area contributed by atoms with Crippen molar-refractivity contribution >= 4 is 11.8 Å². The molecule has 4 rings (SSSR count). The summed E-state index contributed by atoms with van der Waals surface area (Å²) in [6, 6.07) is 17.5. The highest BCUT2D eigenvalue weighted by Crippen LogP contribution is 2.15. The minimum absolute atomic E-state index is 0.0295. The van der Waals surface area contributed by atoms with Crippen LogP contribution in [-0.4, -0.2) is 98.3 Å². The SMILES string of the molecule is Cc1ccccc1C(=O)N1CCOC(CN(CCN2CCOCC2)C(=O)Cc2ccccc2)C1. The van der Waals surface area contributed by atoms with Crippen LogP contribution >= 0.6 is 0 Å². The van der Waals surface area contributed by atoms with Crippen LogP contribution in [0.2, 0.25) is 0 Å². The molecule has 2 aromatic carbocycles. The number of carbonyl (C=O) groups excluding carboxylic acids is 2. The molecular weight excluding hydrogens is 430 g/mol. The van der Waals surface area contributed by atoms with Crippen molar-refractivity contribution in [2.75, 3.05) is 65.6 Å². The summed E-state index contributed by atoms with van der Waals surface area (Å²) in [5.74, 6) is 0.118. The lowest BCUT2D eigenvalue weighted by Gasteiger charge is -2.37.